The Labute approximate surface area is 98.8 Å². The fraction of sp³-hybridized carbons (Fsp3) is 0.571. The lowest BCUT2D eigenvalue weighted by atomic mass is 9.97. The van der Waals surface area contributed by atoms with Crippen LogP contribution in [0.25, 0.3) is 0 Å². The predicted molar refractivity (Wildman–Crippen MR) is 68.7 cm³/mol. The van der Waals surface area contributed by atoms with Gasteiger partial charge in [-0.05, 0) is 56.9 Å². The summed E-state index contributed by atoms with van der Waals surface area (Å²) < 4.78 is 5.84. The molecule has 0 aromatic heterocycles. The first-order valence-corrected chi connectivity index (χ1v) is 5.89. The fourth-order valence-corrected chi connectivity index (χ4v) is 1.91. The molecule has 1 aromatic rings. The van der Waals surface area contributed by atoms with E-state index in [0.717, 1.165) is 0 Å². The van der Waals surface area contributed by atoms with Crippen molar-refractivity contribution >= 4 is 0 Å². The summed E-state index contributed by atoms with van der Waals surface area (Å²) in [5.74, 6) is 0. The summed E-state index contributed by atoms with van der Waals surface area (Å²) in [5.41, 5.74) is 10.9. The average Bonchev–Trinajstić information content (AvgIpc) is 2.20. The van der Waals surface area contributed by atoms with Gasteiger partial charge in [0.05, 0.1) is 12.2 Å². The standard InChI is InChI=1S/C14H23NO/c1-9(2)16-14(8-15)13-7-11(4)10(3)6-12(13)5/h6-7,9,14H,8,15H2,1-5H3. The Morgan fingerprint density at radius 2 is 1.62 bits per heavy atom. The maximum absolute atomic E-state index is 5.84. The number of benzene rings is 1. The molecule has 0 saturated heterocycles. The molecule has 1 unspecified atom stereocenters. The summed E-state index contributed by atoms with van der Waals surface area (Å²) in [6.45, 7) is 11.0. The zero-order chi connectivity index (χ0) is 12.3. The van der Waals surface area contributed by atoms with E-state index in [1.54, 1.807) is 0 Å². The number of ether oxygens (including phenoxy) is 1. The Morgan fingerprint density at radius 1 is 1.06 bits per heavy atom. The molecule has 1 atom stereocenters. The second kappa shape index (κ2) is 5.46. The Bertz CT molecular complexity index is 358. The van der Waals surface area contributed by atoms with Gasteiger partial charge in [-0.25, -0.2) is 0 Å². The largest absolute Gasteiger partial charge is 0.370 e. The Balaban J connectivity index is 3.05. The number of hydrogen-bond acceptors (Lipinski definition) is 2. The van der Waals surface area contributed by atoms with Crippen molar-refractivity contribution in [2.45, 2.75) is 46.8 Å². The third kappa shape index (κ3) is 3.06. The van der Waals surface area contributed by atoms with Crippen molar-refractivity contribution in [3.63, 3.8) is 0 Å². The van der Waals surface area contributed by atoms with Crippen LogP contribution in [0.2, 0.25) is 0 Å². The van der Waals surface area contributed by atoms with E-state index >= 15 is 0 Å². The molecule has 1 aromatic carbocycles. The quantitative estimate of drug-likeness (QED) is 0.848. The number of nitrogens with two attached hydrogens (primary N) is 1. The van der Waals surface area contributed by atoms with Crippen molar-refractivity contribution in [3.05, 3.63) is 34.4 Å². The van der Waals surface area contributed by atoms with Gasteiger partial charge >= 0.3 is 0 Å². The minimum absolute atomic E-state index is 0.0132. The van der Waals surface area contributed by atoms with Crippen molar-refractivity contribution in [3.8, 4) is 0 Å². The molecule has 0 radical (unpaired) electrons. The van der Waals surface area contributed by atoms with Crippen LogP contribution in [0.4, 0.5) is 0 Å². The molecule has 90 valence electrons. The van der Waals surface area contributed by atoms with Crippen LogP contribution in [0.15, 0.2) is 12.1 Å². The molecule has 2 N–H and O–H groups in total. The third-order valence-electron chi connectivity index (χ3n) is 2.88. The van der Waals surface area contributed by atoms with Crippen molar-refractivity contribution < 1.29 is 4.74 Å². The predicted octanol–water partition coefficient (Wildman–Crippen LogP) is 3.04. The Hall–Kier alpha value is -0.860. The van der Waals surface area contributed by atoms with Gasteiger partial charge in [0.1, 0.15) is 0 Å². The minimum Gasteiger partial charge on any atom is -0.370 e. The zero-order valence-corrected chi connectivity index (χ0v) is 11.0. The van der Waals surface area contributed by atoms with Crippen molar-refractivity contribution in [1.29, 1.82) is 0 Å². The van der Waals surface area contributed by atoms with Gasteiger partial charge in [-0.1, -0.05) is 12.1 Å². The van der Waals surface area contributed by atoms with Crippen LogP contribution < -0.4 is 5.73 Å². The van der Waals surface area contributed by atoms with Crippen LogP contribution in [0.5, 0.6) is 0 Å². The molecule has 0 amide bonds. The van der Waals surface area contributed by atoms with Crippen LogP contribution >= 0.6 is 0 Å². The highest BCUT2D eigenvalue weighted by Gasteiger charge is 2.15. The van der Waals surface area contributed by atoms with Gasteiger partial charge < -0.3 is 10.5 Å². The Kier molecular flexibility index (Phi) is 4.51. The van der Waals surface area contributed by atoms with Crippen LogP contribution in [0.1, 0.15) is 42.2 Å². The van der Waals surface area contributed by atoms with Crippen molar-refractivity contribution in [2.24, 2.45) is 5.73 Å². The second-order valence-corrected chi connectivity index (χ2v) is 4.70. The van der Waals surface area contributed by atoms with E-state index in [-0.39, 0.29) is 12.2 Å². The van der Waals surface area contributed by atoms with Gasteiger partial charge in [0.2, 0.25) is 0 Å². The summed E-state index contributed by atoms with van der Waals surface area (Å²) >= 11 is 0. The zero-order valence-electron chi connectivity index (χ0n) is 11.0. The van der Waals surface area contributed by atoms with Crippen molar-refractivity contribution in [2.75, 3.05) is 6.54 Å². The van der Waals surface area contributed by atoms with E-state index in [2.05, 4.69) is 32.9 Å². The highest BCUT2D eigenvalue weighted by Crippen LogP contribution is 2.24. The molecule has 1 rings (SSSR count). The van der Waals surface area contributed by atoms with Crippen LogP contribution in [0, 0.1) is 20.8 Å². The topological polar surface area (TPSA) is 35.2 Å². The highest BCUT2D eigenvalue weighted by atomic mass is 16.5. The van der Waals surface area contributed by atoms with E-state index in [1.165, 1.54) is 22.3 Å². The molecule has 0 spiro atoms. The second-order valence-electron chi connectivity index (χ2n) is 4.70. The van der Waals surface area contributed by atoms with Crippen LogP contribution in [-0.2, 0) is 4.74 Å². The Morgan fingerprint density at radius 3 is 2.12 bits per heavy atom. The molecular weight excluding hydrogens is 198 g/mol. The first-order chi connectivity index (χ1) is 7.45. The van der Waals surface area contributed by atoms with Crippen LogP contribution in [0.3, 0.4) is 0 Å². The van der Waals surface area contributed by atoms with Gasteiger partial charge in [0, 0.05) is 6.54 Å². The van der Waals surface area contributed by atoms with Crippen LogP contribution in [-0.4, -0.2) is 12.6 Å². The molecule has 16 heavy (non-hydrogen) atoms. The van der Waals surface area contributed by atoms with Gasteiger partial charge in [0.15, 0.2) is 0 Å². The molecular formula is C14H23NO. The number of aryl methyl sites for hydroxylation is 3. The maximum Gasteiger partial charge on any atom is 0.0953 e. The van der Waals surface area contributed by atoms with E-state index < -0.39 is 0 Å². The SMILES string of the molecule is Cc1cc(C)c(C(CN)OC(C)C)cc1C. The molecule has 0 aliphatic carbocycles. The van der Waals surface area contributed by atoms with E-state index in [0.29, 0.717) is 6.54 Å². The first-order valence-electron chi connectivity index (χ1n) is 5.89. The summed E-state index contributed by atoms with van der Waals surface area (Å²) in [5, 5.41) is 0. The molecule has 0 fully saturated rings. The average molecular weight is 221 g/mol. The summed E-state index contributed by atoms with van der Waals surface area (Å²) in [6.07, 6.45) is 0.217. The maximum atomic E-state index is 5.84. The van der Waals surface area contributed by atoms with E-state index in [1.807, 2.05) is 13.8 Å². The fourth-order valence-electron chi connectivity index (χ4n) is 1.91. The number of rotatable bonds is 4. The molecule has 0 aliphatic rings. The lowest BCUT2D eigenvalue weighted by Gasteiger charge is -2.22. The van der Waals surface area contributed by atoms with Crippen molar-refractivity contribution in [1.82, 2.24) is 0 Å². The van der Waals surface area contributed by atoms with E-state index in [4.69, 9.17) is 10.5 Å². The van der Waals surface area contributed by atoms with Gasteiger partial charge in [-0.3, -0.25) is 0 Å². The van der Waals surface area contributed by atoms with Gasteiger partial charge in [0.25, 0.3) is 0 Å². The molecule has 0 bridgehead atoms. The molecule has 0 heterocycles. The lowest BCUT2D eigenvalue weighted by molar-refractivity contribution is 0.0116. The smallest absolute Gasteiger partial charge is 0.0953 e. The third-order valence-corrected chi connectivity index (χ3v) is 2.88. The minimum atomic E-state index is 0.0132. The summed E-state index contributed by atoms with van der Waals surface area (Å²) in [4.78, 5) is 0. The highest BCUT2D eigenvalue weighted by molar-refractivity contribution is 5.37. The molecule has 2 heteroatoms. The molecule has 0 saturated carbocycles. The molecule has 0 aliphatic heterocycles. The first kappa shape index (κ1) is 13.2. The van der Waals surface area contributed by atoms with E-state index in [9.17, 15) is 0 Å². The lowest BCUT2D eigenvalue weighted by Crippen LogP contribution is -2.20. The van der Waals surface area contributed by atoms with Gasteiger partial charge in [-0.2, -0.15) is 0 Å². The monoisotopic (exact) mass is 221 g/mol. The molecule has 2 nitrogen and oxygen atoms in total. The normalized spacial score (nSPS) is 13.2. The van der Waals surface area contributed by atoms with Gasteiger partial charge in [-0.15, -0.1) is 0 Å². The summed E-state index contributed by atoms with van der Waals surface area (Å²) in [7, 11) is 0. The summed E-state index contributed by atoms with van der Waals surface area (Å²) in [6, 6.07) is 4.40. The number of hydrogen-bond donors (Lipinski definition) is 1.